The number of hydrogen-bond donors (Lipinski definition) is 1. The van der Waals surface area contributed by atoms with Crippen LogP contribution in [0.4, 0.5) is 4.39 Å². The van der Waals surface area contributed by atoms with E-state index in [1.807, 2.05) is 6.07 Å². The highest BCUT2D eigenvalue weighted by Crippen LogP contribution is 2.34. The number of nitrogens with one attached hydrogen (secondary N) is 1. The smallest absolute Gasteiger partial charge is 0.273 e. The van der Waals surface area contributed by atoms with Crippen LogP contribution in [0.2, 0.25) is 0 Å². The Morgan fingerprint density at radius 2 is 2.13 bits per heavy atom. The Morgan fingerprint density at radius 1 is 1.26 bits per heavy atom. The molecule has 0 bridgehead atoms. The van der Waals surface area contributed by atoms with E-state index in [9.17, 15) is 9.18 Å². The summed E-state index contributed by atoms with van der Waals surface area (Å²) < 4.78 is 14.1. The molecule has 3 heterocycles. The minimum absolute atomic E-state index is 0.161. The lowest BCUT2D eigenvalue weighted by molar-refractivity contribution is 0.0729. The van der Waals surface area contributed by atoms with Crippen LogP contribution in [0.1, 0.15) is 34.9 Å². The fourth-order valence-corrected chi connectivity index (χ4v) is 3.24. The molecule has 6 heteroatoms. The Hall–Kier alpha value is -2.76. The molecule has 23 heavy (non-hydrogen) atoms. The van der Waals surface area contributed by atoms with Crippen molar-refractivity contribution in [1.29, 1.82) is 0 Å². The maximum absolute atomic E-state index is 14.1. The second-order valence-corrected chi connectivity index (χ2v) is 5.65. The van der Waals surface area contributed by atoms with Crippen molar-refractivity contribution in [2.75, 3.05) is 6.54 Å². The lowest BCUT2D eigenvalue weighted by Gasteiger charge is -2.25. The predicted octanol–water partition coefficient (Wildman–Crippen LogP) is 3.07. The van der Waals surface area contributed by atoms with E-state index in [1.54, 1.807) is 35.4 Å². The van der Waals surface area contributed by atoms with Crippen molar-refractivity contribution in [2.45, 2.75) is 18.9 Å². The number of nitrogens with zero attached hydrogens (tertiary/aromatic N) is 3. The van der Waals surface area contributed by atoms with Gasteiger partial charge in [0.1, 0.15) is 11.5 Å². The van der Waals surface area contributed by atoms with Gasteiger partial charge < -0.3 is 4.90 Å². The fourth-order valence-electron chi connectivity index (χ4n) is 3.24. The normalized spacial score (nSPS) is 17.8. The third-order valence-corrected chi connectivity index (χ3v) is 4.32. The van der Waals surface area contributed by atoms with Crippen LogP contribution in [-0.4, -0.2) is 32.5 Å². The summed E-state index contributed by atoms with van der Waals surface area (Å²) in [5.74, 6) is -0.431. The fraction of sp³-hybridized carbons (Fsp3) is 0.235. The van der Waals surface area contributed by atoms with Gasteiger partial charge in [-0.2, -0.15) is 5.10 Å². The number of likely N-dealkylation sites (tertiary alicyclic amines) is 1. The van der Waals surface area contributed by atoms with E-state index in [0.29, 0.717) is 28.8 Å². The zero-order valence-electron chi connectivity index (χ0n) is 12.4. The molecular formula is C17H15FN4O. The molecule has 1 aliphatic heterocycles. The number of rotatable bonds is 2. The number of pyridine rings is 1. The topological polar surface area (TPSA) is 61.9 Å². The van der Waals surface area contributed by atoms with E-state index in [4.69, 9.17) is 0 Å². The van der Waals surface area contributed by atoms with Gasteiger partial charge in [0.15, 0.2) is 5.65 Å². The molecule has 1 aromatic carbocycles. The van der Waals surface area contributed by atoms with Crippen LogP contribution in [0.3, 0.4) is 0 Å². The Morgan fingerprint density at radius 3 is 3.00 bits per heavy atom. The van der Waals surface area contributed by atoms with Gasteiger partial charge in [-0.1, -0.05) is 18.2 Å². The molecule has 1 N–H and O–H groups in total. The molecule has 1 atom stereocenters. The third kappa shape index (κ3) is 2.27. The number of halogens is 1. The molecule has 0 spiro atoms. The highest BCUT2D eigenvalue weighted by Gasteiger charge is 2.33. The summed E-state index contributed by atoms with van der Waals surface area (Å²) in [5.41, 5.74) is 1.49. The van der Waals surface area contributed by atoms with Crippen LogP contribution in [0.25, 0.3) is 11.0 Å². The van der Waals surface area contributed by atoms with Gasteiger partial charge in [-0.15, -0.1) is 0 Å². The summed E-state index contributed by atoms with van der Waals surface area (Å²) in [4.78, 5) is 18.8. The van der Waals surface area contributed by atoms with Crippen molar-refractivity contribution in [3.05, 3.63) is 59.7 Å². The third-order valence-electron chi connectivity index (χ3n) is 4.32. The van der Waals surface area contributed by atoms with Gasteiger partial charge in [-0.05, 0) is 31.0 Å². The van der Waals surface area contributed by atoms with Crippen LogP contribution in [0.15, 0.2) is 42.6 Å². The van der Waals surface area contributed by atoms with Crippen LogP contribution in [0.5, 0.6) is 0 Å². The second-order valence-electron chi connectivity index (χ2n) is 5.65. The standard InChI is InChI=1S/C17H15FN4O/c18-13-7-2-1-5-11(13)14-8-4-10-22(14)17(23)15-12-6-3-9-19-16(12)21-20-15/h1-3,5-7,9,14H,4,8,10H2,(H,19,20,21). The maximum atomic E-state index is 14.1. The zero-order valence-corrected chi connectivity index (χ0v) is 12.4. The van der Waals surface area contributed by atoms with Gasteiger partial charge in [0, 0.05) is 18.3 Å². The number of aromatic nitrogens is 3. The highest BCUT2D eigenvalue weighted by atomic mass is 19.1. The van der Waals surface area contributed by atoms with Crippen LogP contribution in [0, 0.1) is 5.82 Å². The molecule has 116 valence electrons. The van der Waals surface area contributed by atoms with E-state index >= 15 is 0 Å². The van der Waals surface area contributed by atoms with Crippen molar-refractivity contribution >= 4 is 16.9 Å². The molecule has 3 aromatic rings. The SMILES string of the molecule is O=C(c1[nH]nc2ncccc12)N1CCCC1c1ccccc1F. The molecule has 2 aromatic heterocycles. The first kappa shape index (κ1) is 13.9. The van der Waals surface area contributed by atoms with Crippen LogP contribution < -0.4 is 0 Å². The Balaban J connectivity index is 1.71. The molecule has 0 radical (unpaired) electrons. The molecule has 0 saturated carbocycles. The van der Waals surface area contributed by atoms with Gasteiger partial charge in [-0.3, -0.25) is 9.89 Å². The number of aromatic amines is 1. The van der Waals surface area contributed by atoms with Gasteiger partial charge in [-0.25, -0.2) is 9.37 Å². The number of carbonyl (C=O) groups is 1. The first-order valence-electron chi connectivity index (χ1n) is 7.60. The molecule has 1 amide bonds. The lowest BCUT2D eigenvalue weighted by atomic mass is 10.0. The van der Waals surface area contributed by atoms with E-state index in [-0.39, 0.29) is 17.8 Å². The first-order chi connectivity index (χ1) is 11.3. The van der Waals surface area contributed by atoms with Crippen molar-refractivity contribution in [3.63, 3.8) is 0 Å². The van der Waals surface area contributed by atoms with Crippen molar-refractivity contribution in [1.82, 2.24) is 20.1 Å². The summed E-state index contributed by atoms with van der Waals surface area (Å²) in [6.07, 6.45) is 3.25. The van der Waals surface area contributed by atoms with E-state index in [0.717, 1.165) is 12.8 Å². The van der Waals surface area contributed by atoms with Gasteiger partial charge in [0.25, 0.3) is 5.91 Å². The van der Waals surface area contributed by atoms with Crippen LogP contribution >= 0.6 is 0 Å². The number of H-pyrrole nitrogens is 1. The molecule has 1 unspecified atom stereocenters. The molecule has 4 rings (SSSR count). The quantitative estimate of drug-likeness (QED) is 0.791. The minimum Gasteiger partial charge on any atom is -0.330 e. The largest absolute Gasteiger partial charge is 0.330 e. The molecular weight excluding hydrogens is 295 g/mol. The van der Waals surface area contributed by atoms with E-state index < -0.39 is 0 Å². The molecule has 0 aliphatic carbocycles. The van der Waals surface area contributed by atoms with E-state index in [1.165, 1.54) is 6.07 Å². The summed E-state index contributed by atoms with van der Waals surface area (Å²) in [7, 11) is 0. The Kier molecular flexibility index (Phi) is 3.29. The minimum atomic E-state index is -0.270. The van der Waals surface area contributed by atoms with Crippen molar-refractivity contribution in [2.24, 2.45) is 0 Å². The monoisotopic (exact) mass is 310 g/mol. The average molecular weight is 310 g/mol. The summed E-state index contributed by atoms with van der Waals surface area (Å²) in [6, 6.07) is 9.99. The van der Waals surface area contributed by atoms with Crippen LogP contribution in [-0.2, 0) is 0 Å². The van der Waals surface area contributed by atoms with Crippen molar-refractivity contribution < 1.29 is 9.18 Å². The molecule has 1 fully saturated rings. The first-order valence-corrected chi connectivity index (χ1v) is 7.60. The average Bonchev–Trinajstić information content (AvgIpc) is 3.22. The van der Waals surface area contributed by atoms with Gasteiger partial charge >= 0.3 is 0 Å². The number of benzene rings is 1. The number of amides is 1. The summed E-state index contributed by atoms with van der Waals surface area (Å²) in [5, 5.41) is 7.54. The Bertz CT molecular complexity index is 876. The van der Waals surface area contributed by atoms with E-state index in [2.05, 4.69) is 15.2 Å². The summed E-state index contributed by atoms with van der Waals surface area (Å²) >= 11 is 0. The van der Waals surface area contributed by atoms with Crippen molar-refractivity contribution in [3.8, 4) is 0 Å². The molecule has 1 saturated heterocycles. The van der Waals surface area contributed by atoms with Gasteiger partial charge in [0.2, 0.25) is 0 Å². The zero-order chi connectivity index (χ0) is 15.8. The molecule has 5 nitrogen and oxygen atoms in total. The number of fused-ring (bicyclic) bond motifs is 1. The maximum Gasteiger partial charge on any atom is 0.273 e. The predicted molar refractivity (Wildman–Crippen MR) is 83.3 cm³/mol. The Labute approximate surface area is 132 Å². The van der Waals surface area contributed by atoms with Gasteiger partial charge in [0.05, 0.1) is 11.4 Å². The number of carbonyl (C=O) groups excluding carboxylic acids is 1. The molecule has 1 aliphatic rings. The number of hydrogen-bond acceptors (Lipinski definition) is 3. The lowest BCUT2D eigenvalue weighted by Crippen LogP contribution is -2.31. The second kappa shape index (κ2) is 5.46. The summed E-state index contributed by atoms with van der Waals surface area (Å²) in [6.45, 7) is 0.610. The highest BCUT2D eigenvalue weighted by molar-refractivity contribution is 6.04.